The van der Waals surface area contributed by atoms with Gasteiger partial charge in [0.25, 0.3) is 0 Å². The van der Waals surface area contributed by atoms with E-state index in [-0.39, 0.29) is 17.2 Å². The average molecular weight is 396 g/mol. The fraction of sp³-hybridized carbons (Fsp3) is 0.300. The van der Waals surface area contributed by atoms with Crippen molar-refractivity contribution in [3.05, 3.63) is 53.5 Å². The first-order valence-electron chi connectivity index (χ1n) is 9.36. The van der Waals surface area contributed by atoms with Crippen molar-refractivity contribution in [3.63, 3.8) is 0 Å². The summed E-state index contributed by atoms with van der Waals surface area (Å²) in [6.45, 7) is 4.01. The summed E-state index contributed by atoms with van der Waals surface area (Å²) in [6.07, 6.45) is 5.38. The standard InChI is InChI=1S/C20H18F2N6O/c1-11(29)19-24-26-20(2)8-7-15(25-28(19)20)18-17(23-16-4-3-9-27(16)18)13-6-5-12(21)10-14(13)22/h5-8,10,26H,3-4,9H2,1-2H3. The monoisotopic (exact) mass is 396 g/mol. The summed E-state index contributed by atoms with van der Waals surface area (Å²) < 4.78 is 30.0. The van der Waals surface area contributed by atoms with Crippen LogP contribution in [0.15, 0.2) is 40.6 Å². The maximum absolute atomic E-state index is 14.6. The number of benzene rings is 1. The van der Waals surface area contributed by atoms with Gasteiger partial charge in [-0.05, 0) is 37.6 Å². The number of fused-ring (bicyclic) bond motifs is 2. The van der Waals surface area contributed by atoms with Crippen LogP contribution in [0.4, 0.5) is 8.78 Å². The number of aryl methyl sites for hydroxylation is 1. The molecular formula is C20H18F2N6O. The molecular weight excluding hydrogens is 378 g/mol. The minimum absolute atomic E-state index is 0.199. The number of allylic oxidation sites excluding steroid dienone is 1. The van der Waals surface area contributed by atoms with E-state index in [9.17, 15) is 13.6 Å². The largest absolute Gasteiger partial charge is 0.326 e. The Morgan fingerprint density at radius 3 is 2.90 bits per heavy atom. The fourth-order valence-electron chi connectivity index (χ4n) is 3.93. The number of ketones is 1. The number of nitrogens with one attached hydrogen (secondary N) is 1. The lowest BCUT2D eigenvalue weighted by Gasteiger charge is -2.32. The third-order valence-corrected chi connectivity index (χ3v) is 5.37. The van der Waals surface area contributed by atoms with Gasteiger partial charge in [0.2, 0.25) is 5.84 Å². The van der Waals surface area contributed by atoms with E-state index in [1.54, 1.807) is 0 Å². The van der Waals surface area contributed by atoms with Crippen LogP contribution in [0.1, 0.15) is 31.8 Å². The number of hydrazone groups is 2. The molecule has 0 radical (unpaired) electrons. The van der Waals surface area contributed by atoms with Crippen LogP contribution in [0, 0.1) is 11.6 Å². The summed E-state index contributed by atoms with van der Waals surface area (Å²) in [6, 6.07) is 3.46. The van der Waals surface area contributed by atoms with E-state index in [1.807, 2.05) is 23.6 Å². The van der Waals surface area contributed by atoms with Gasteiger partial charge in [-0.2, -0.15) is 10.2 Å². The van der Waals surface area contributed by atoms with Gasteiger partial charge < -0.3 is 4.57 Å². The lowest BCUT2D eigenvalue weighted by molar-refractivity contribution is -0.111. The maximum Gasteiger partial charge on any atom is 0.214 e. The van der Waals surface area contributed by atoms with Gasteiger partial charge in [-0.25, -0.2) is 18.8 Å². The van der Waals surface area contributed by atoms with Crippen molar-refractivity contribution in [1.29, 1.82) is 0 Å². The van der Waals surface area contributed by atoms with Crippen molar-refractivity contribution in [2.24, 2.45) is 10.2 Å². The molecule has 0 saturated carbocycles. The first-order chi connectivity index (χ1) is 13.9. The summed E-state index contributed by atoms with van der Waals surface area (Å²) in [7, 11) is 0. The molecule has 0 amide bonds. The van der Waals surface area contributed by atoms with Crippen molar-refractivity contribution in [3.8, 4) is 11.3 Å². The number of halogens is 2. The zero-order valence-corrected chi connectivity index (χ0v) is 15.9. The lowest BCUT2D eigenvalue weighted by atomic mass is 10.0. The predicted octanol–water partition coefficient (Wildman–Crippen LogP) is 2.57. The second-order valence-corrected chi connectivity index (χ2v) is 7.49. The van der Waals surface area contributed by atoms with Crippen LogP contribution in [0.3, 0.4) is 0 Å². The molecule has 0 fully saturated rings. The SMILES string of the molecule is CC(=O)C1=NNC2(C)C=CC(c3c(-c4ccc(F)cc4F)nc4n3CCC4)=NN12. The van der Waals surface area contributed by atoms with Crippen LogP contribution in [0.2, 0.25) is 0 Å². The molecule has 1 aromatic heterocycles. The number of rotatable bonds is 3. The number of amidine groups is 1. The molecule has 4 heterocycles. The molecule has 0 aliphatic carbocycles. The number of Topliss-reactive ketones (excluding diaryl/α,β-unsaturated/α-hetero) is 1. The van der Waals surface area contributed by atoms with E-state index in [0.717, 1.165) is 31.3 Å². The highest BCUT2D eigenvalue weighted by atomic mass is 19.1. The van der Waals surface area contributed by atoms with E-state index < -0.39 is 17.3 Å². The van der Waals surface area contributed by atoms with Gasteiger partial charge in [-0.1, -0.05) is 0 Å². The lowest BCUT2D eigenvalue weighted by Crippen LogP contribution is -2.50. The maximum atomic E-state index is 14.6. The molecule has 1 unspecified atom stereocenters. The van der Waals surface area contributed by atoms with Crippen LogP contribution in [-0.2, 0) is 17.8 Å². The molecule has 9 heteroatoms. The number of hydrogen-bond donors (Lipinski definition) is 1. The molecule has 1 atom stereocenters. The van der Waals surface area contributed by atoms with Crippen LogP contribution in [0.5, 0.6) is 0 Å². The van der Waals surface area contributed by atoms with E-state index in [2.05, 4.69) is 20.6 Å². The average Bonchev–Trinajstić information content (AvgIpc) is 3.33. The number of aromatic nitrogens is 2. The zero-order chi connectivity index (χ0) is 20.3. The molecule has 29 heavy (non-hydrogen) atoms. The Morgan fingerprint density at radius 2 is 2.14 bits per heavy atom. The number of nitrogens with zero attached hydrogens (tertiary/aromatic N) is 5. The van der Waals surface area contributed by atoms with Crippen LogP contribution in [0.25, 0.3) is 11.3 Å². The fourth-order valence-corrected chi connectivity index (χ4v) is 3.93. The Kier molecular flexibility index (Phi) is 3.71. The molecule has 0 spiro atoms. The van der Waals surface area contributed by atoms with Gasteiger partial charge in [0.05, 0.1) is 5.69 Å². The Morgan fingerprint density at radius 1 is 1.31 bits per heavy atom. The van der Waals surface area contributed by atoms with Crippen molar-refractivity contribution >= 4 is 17.3 Å². The highest BCUT2D eigenvalue weighted by molar-refractivity contribution is 6.38. The van der Waals surface area contributed by atoms with Gasteiger partial charge in [0, 0.05) is 31.5 Å². The van der Waals surface area contributed by atoms with Crippen molar-refractivity contribution in [1.82, 2.24) is 20.0 Å². The molecule has 3 aliphatic rings. The third kappa shape index (κ3) is 2.60. The number of carbonyl (C=O) groups is 1. The number of imidazole rings is 1. The topological polar surface area (TPSA) is 74.9 Å². The van der Waals surface area contributed by atoms with Crippen LogP contribution >= 0.6 is 0 Å². The zero-order valence-electron chi connectivity index (χ0n) is 15.9. The Hall–Kier alpha value is -3.36. The molecule has 0 bridgehead atoms. The first kappa shape index (κ1) is 17.7. The summed E-state index contributed by atoms with van der Waals surface area (Å²) >= 11 is 0. The second-order valence-electron chi connectivity index (χ2n) is 7.49. The molecule has 0 saturated heterocycles. The van der Waals surface area contributed by atoms with Gasteiger partial charge in [-0.3, -0.25) is 10.2 Å². The summed E-state index contributed by atoms with van der Waals surface area (Å²) in [5.74, 6) is -0.506. The van der Waals surface area contributed by atoms with Crippen molar-refractivity contribution in [2.45, 2.75) is 38.9 Å². The Bertz CT molecular complexity index is 1150. The summed E-state index contributed by atoms with van der Waals surface area (Å²) in [5.41, 5.74) is 3.99. The molecule has 2 aromatic rings. The second kappa shape index (κ2) is 6.07. The highest BCUT2D eigenvalue weighted by Gasteiger charge is 2.42. The molecule has 3 aliphatic heterocycles. The number of carbonyl (C=O) groups excluding carboxylic acids is 1. The number of hydrogen-bond acceptors (Lipinski definition) is 6. The van der Waals surface area contributed by atoms with E-state index >= 15 is 0 Å². The minimum Gasteiger partial charge on any atom is -0.326 e. The molecule has 7 nitrogen and oxygen atoms in total. The van der Waals surface area contributed by atoms with Crippen molar-refractivity contribution in [2.75, 3.05) is 0 Å². The normalized spacial score (nSPS) is 22.1. The summed E-state index contributed by atoms with van der Waals surface area (Å²) in [5, 5.41) is 10.3. The highest BCUT2D eigenvalue weighted by Crippen LogP contribution is 2.33. The van der Waals surface area contributed by atoms with Crippen LogP contribution < -0.4 is 5.43 Å². The predicted molar refractivity (Wildman–Crippen MR) is 103 cm³/mol. The smallest absolute Gasteiger partial charge is 0.214 e. The minimum atomic E-state index is -0.750. The molecule has 5 rings (SSSR count). The Balaban J connectivity index is 1.68. The summed E-state index contributed by atoms with van der Waals surface area (Å²) in [4.78, 5) is 16.6. The first-order valence-corrected chi connectivity index (χ1v) is 9.36. The molecule has 1 aromatic carbocycles. The van der Waals surface area contributed by atoms with E-state index in [4.69, 9.17) is 0 Å². The van der Waals surface area contributed by atoms with Crippen molar-refractivity contribution < 1.29 is 13.6 Å². The van der Waals surface area contributed by atoms with Gasteiger partial charge in [-0.15, -0.1) is 0 Å². The Labute approximate surface area is 165 Å². The molecule has 148 valence electrons. The quantitative estimate of drug-likeness (QED) is 0.865. The van der Waals surface area contributed by atoms with Gasteiger partial charge in [0.1, 0.15) is 28.9 Å². The molecule has 1 N–H and O–H groups in total. The van der Waals surface area contributed by atoms with Gasteiger partial charge in [0.15, 0.2) is 11.4 Å². The van der Waals surface area contributed by atoms with E-state index in [1.165, 1.54) is 24.1 Å². The van der Waals surface area contributed by atoms with Gasteiger partial charge >= 0.3 is 0 Å². The van der Waals surface area contributed by atoms with E-state index in [0.29, 0.717) is 17.1 Å². The van der Waals surface area contributed by atoms with Crippen LogP contribution in [-0.4, -0.2) is 37.6 Å². The third-order valence-electron chi connectivity index (χ3n) is 5.37.